The van der Waals surface area contributed by atoms with E-state index in [0.717, 1.165) is 18.5 Å². The monoisotopic (exact) mass is 410 g/mol. The van der Waals surface area contributed by atoms with Crippen molar-refractivity contribution in [2.24, 2.45) is 0 Å². The van der Waals surface area contributed by atoms with Gasteiger partial charge in [-0.2, -0.15) is 0 Å². The number of Topliss-reactive ketones (excluding diaryl/α,β-unsaturated/α-hetero) is 1. The van der Waals surface area contributed by atoms with Crippen molar-refractivity contribution in [3.8, 4) is 0 Å². The topological polar surface area (TPSA) is 68.6 Å². The number of hydrogen-bond donors (Lipinski definition) is 0. The van der Waals surface area contributed by atoms with E-state index in [1.165, 1.54) is 0 Å². The molecule has 1 heterocycles. The van der Waals surface area contributed by atoms with Gasteiger partial charge in [-0.1, -0.05) is 18.2 Å². The summed E-state index contributed by atoms with van der Waals surface area (Å²) < 4.78 is 7.04. The molecule has 1 aliphatic carbocycles. The molecule has 1 amide bonds. The number of esters is 1. The first-order chi connectivity index (χ1) is 14.3. The zero-order chi connectivity index (χ0) is 22.0. The van der Waals surface area contributed by atoms with Crippen molar-refractivity contribution in [3.05, 3.63) is 58.4 Å². The first-order valence-corrected chi connectivity index (χ1v) is 10.6. The SMILES string of the molecule is CCOC(=O)c1c(C)c(C(=O)C(C)N(C(=O)c2ccccc2)C2CC2)c(C)n1CC. The first kappa shape index (κ1) is 21.8. The molecule has 0 radical (unpaired) electrons. The standard InChI is InChI=1S/C24H30N2O4/c1-6-25-16(4)20(15(3)21(25)24(29)30-7-2)22(27)17(5)26(19-13-14-19)23(28)18-11-9-8-10-12-18/h8-12,17,19H,6-7,13-14H2,1-5H3. The van der Waals surface area contributed by atoms with E-state index >= 15 is 0 Å². The molecular weight excluding hydrogens is 380 g/mol. The van der Waals surface area contributed by atoms with Gasteiger partial charge in [0.2, 0.25) is 0 Å². The minimum atomic E-state index is -0.620. The summed E-state index contributed by atoms with van der Waals surface area (Å²) in [6, 6.07) is 8.53. The van der Waals surface area contributed by atoms with Crippen LogP contribution in [0.4, 0.5) is 0 Å². The molecule has 1 fully saturated rings. The van der Waals surface area contributed by atoms with E-state index in [1.807, 2.05) is 36.6 Å². The third-order valence-electron chi connectivity index (χ3n) is 5.79. The summed E-state index contributed by atoms with van der Waals surface area (Å²) in [6.45, 7) is 9.93. The summed E-state index contributed by atoms with van der Waals surface area (Å²) in [5, 5.41) is 0. The largest absolute Gasteiger partial charge is 0.461 e. The highest BCUT2D eigenvalue weighted by atomic mass is 16.5. The van der Waals surface area contributed by atoms with E-state index in [2.05, 4.69) is 0 Å². The fourth-order valence-electron chi connectivity index (χ4n) is 4.19. The minimum absolute atomic E-state index is 0.0788. The maximum atomic E-state index is 13.6. The van der Waals surface area contributed by atoms with Crippen LogP contribution in [0.15, 0.2) is 30.3 Å². The third kappa shape index (κ3) is 3.91. The van der Waals surface area contributed by atoms with Crippen LogP contribution in [0.5, 0.6) is 0 Å². The highest BCUT2D eigenvalue weighted by molar-refractivity contribution is 6.07. The molecule has 1 aromatic carbocycles. The second-order valence-electron chi connectivity index (χ2n) is 7.75. The molecule has 0 spiro atoms. The van der Waals surface area contributed by atoms with Crippen molar-refractivity contribution in [1.29, 1.82) is 0 Å². The average molecular weight is 411 g/mol. The van der Waals surface area contributed by atoms with Crippen molar-refractivity contribution < 1.29 is 19.1 Å². The second kappa shape index (κ2) is 8.86. The molecule has 2 aromatic rings. The lowest BCUT2D eigenvalue weighted by molar-refractivity contribution is 0.0512. The van der Waals surface area contributed by atoms with E-state index in [0.29, 0.717) is 28.9 Å². The molecule has 0 N–H and O–H groups in total. The minimum Gasteiger partial charge on any atom is -0.461 e. The number of nitrogens with zero attached hydrogens (tertiary/aromatic N) is 2. The van der Waals surface area contributed by atoms with Crippen LogP contribution in [0.25, 0.3) is 0 Å². The van der Waals surface area contributed by atoms with Gasteiger partial charge in [0, 0.05) is 29.4 Å². The molecule has 0 aliphatic heterocycles. The van der Waals surface area contributed by atoms with Gasteiger partial charge < -0.3 is 14.2 Å². The molecular formula is C24H30N2O4. The van der Waals surface area contributed by atoms with Crippen molar-refractivity contribution in [3.63, 3.8) is 0 Å². The summed E-state index contributed by atoms with van der Waals surface area (Å²) in [6.07, 6.45) is 1.80. The maximum absolute atomic E-state index is 13.6. The average Bonchev–Trinajstić information content (AvgIpc) is 3.53. The second-order valence-corrected chi connectivity index (χ2v) is 7.75. The molecule has 1 aromatic heterocycles. The lowest BCUT2D eigenvalue weighted by atomic mass is 9.99. The van der Waals surface area contributed by atoms with Crippen molar-refractivity contribution in [2.45, 2.75) is 66.1 Å². The van der Waals surface area contributed by atoms with Crippen LogP contribution < -0.4 is 0 Å². The molecule has 0 saturated heterocycles. The van der Waals surface area contributed by atoms with Gasteiger partial charge in [0.15, 0.2) is 5.78 Å². The smallest absolute Gasteiger partial charge is 0.355 e. The molecule has 1 aliphatic rings. The van der Waals surface area contributed by atoms with Gasteiger partial charge in [-0.3, -0.25) is 9.59 Å². The van der Waals surface area contributed by atoms with Crippen molar-refractivity contribution in [2.75, 3.05) is 6.61 Å². The summed E-state index contributed by atoms with van der Waals surface area (Å²) >= 11 is 0. The quantitative estimate of drug-likeness (QED) is 0.484. The van der Waals surface area contributed by atoms with Crippen molar-refractivity contribution in [1.82, 2.24) is 9.47 Å². The number of benzene rings is 1. The van der Waals surface area contributed by atoms with Crippen LogP contribution >= 0.6 is 0 Å². The molecule has 6 heteroatoms. The molecule has 3 rings (SSSR count). The molecule has 1 atom stereocenters. The zero-order valence-electron chi connectivity index (χ0n) is 18.4. The Labute approximate surface area is 177 Å². The predicted octanol–water partition coefficient (Wildman–Crippen LogP) is 4.18. The fraction of sp³-hybridized carbons (Fsp3) is 0.458. The number of ether oxygens (including phenoxy) is 1. The third-order valence-corrected chi connectivity index (χ3v) is 5.79. The van der Waals surface area contributed by atoms with Gasteiger partial charge in [0.1, 0.15) is 5.69 Å². The Bertz CT molecular complexity index is 957. The van der Waals surface area contributed by atoms with Gasteiger partial charge in [0.05, 0.1) is 12.6 Å². The van der Waals surface area contributed by atoms with E-state index < -0.39 is 12.0 Å². The fourth-order valence-corrected chi connectivity index (χ4v) is 4.19. The first-order valence-electron chi connectivity index (χ1n) is 10.6. The number of amides is 1. The summed E-state index contributed by atoms with van der Waals surface area (Å²) in [5.74, 6) is -0.695. The summed E-state index contributed by atoms with van der Waals surface area (Å²) in [4.78, 5) is 41.0. The number of ketones is 1. The normalized spacial score (nSPS) is 14.3. The van der Waals surface area contributed by atoms with Crippen LogP contribution in [-0.4, -0.2) is 45.8 Å². The van der Waals surface area contributed by atoms with Gasteiger partial charge in [0.25, 0.3) is 5.91 Å². The highest BCUT2D eigenvalue weighted by Crippen LogP contribution is 2.33. The van der Waals surface area contributed by atoms with E-state index in [9.17, 15) is 14.4 Å². The molecule has 0 bridgehead atoms. The number of carbonyl (C=O) groups is 3. The van der Waals surface area contributed by atoms with Gasteiger partial charge in [-0.15, -0.1) is 0 Å². The van der Waals surface area contributed by atoms with Gasteiger partial charge >= 0.3 is 5.97 Å². The molecule has 160 valence electrons. The Morgan fingerprint density at radius 3 is 2.30 bits per heavy atom. The molecule has 1 saturated carbocycles. The van der Waals surface area contributed by atoms with Crippen LogP contribution in [-0.2, 0) is 11.3 Å². The highest BCUT2D eigenvalue weighted by Gasteiger charge is 2.40. The van der Waals surface area contributed by atoms with Crippen LogP contribution in [0.2, 0.25) is 0 Å². The van der Waals surface area contributed by atoms with E-state index in [-0.39, 0.29) is 24.3 Å². The van der Waals surface area contributed by atoms with Crippen molar-refractivity contribution >= 4 is 17.7 Å². The summed E-state index contributed by atoms with van der Waals surface area (Å²) in [7, 11) is 0. The van der Waals surface area contributed by atoms with E-state index in [1.54, 1.807) is 37.8 Å². The molecule has 30 heavy (non-hydrogen) atoms. The van der Waals surface area contributed by atoms with Gasteiger partial charge in [-0.05, 0) is 65.2 Å². The molecule has 6 nitrogen and oxygen atoms in total. The molecule has 1 unspecified atom stereocenters. The van der Waals surface area contributed by atoms with Crippen LogP contribution in [0.3, 0.4) is 0 Å². The Morgan fingerprint density at radius 1 is 1.13 bits per heavy atom. The predicted molar refractivity (Wildman–Crippen MR) is 115 cm³/mol. The Balaban J connectivity index is 1.99. The van der Waals surface area contributed by atoms with Crippen LogP contribution in [0, 0.1) is 13.8 Å². The number of carbonyl (C=O) groups excluding carboxylic acids is 3. The Hall–Kier alpha value is -2.89. The van der Waals surface area contributed by atoms with Crippen LogP contribution in [0.1, 0.15) is 76.1 Å². The Kier molecular flexibility index (Phi) is 6.44. The lowest BCUT2D eigenvalue weighted by Crippen LogP contribution is -2.45. The zero-order valence-corrected chi connectivity index (χ0v) is 18.4. The number of rotatable bonds is 8. The lowest BCUT2D eigenvalue weighted by Gasteiger charge is -2.29. The van der Waals surface area contributed by atoms with Gasteiger partial charge in [-0.25, -0.2) is 4.79 Å². The maximum Gasteiger partial charge on any atom is 0.355 e. The Morgan fingerprint density at radius 2 is 1.77 bits per heavy atom. The number of hydrogen-bond acceptors (Lipinski definition) is 4. The summed E-state index contributed by atoms with van der Waals surface area (Å²) in [5.41, 5.74) is 2.86. The number of aromatic nitrogens is 1. The van der Waals surface area contributed by atoms with E-state index in [4.69, 9.17) is 4.74 Å².